The van der Waals surface area contributed by atoms with Gasteiger partial charge in [-0.05, 0) is 25.1 Å². The lowest BCUT2D eigenvalue weighted by Crippen LogP contribution is -2.04. The van der Waals surface area contributed by atoms with Crippen LogP contribution in [0.5, 0.6) is 0 Å². The van der Waals surface area contributed by atoms with Gasteiger partial charge in [-0.2, -0.15) is 5.10 Å². The summed E-state index contributed by atoms with van der Waals surface area (Å²) in [4.78, 5) is 11.8. The Balaban J connectivity index is 2.17. The number of carbonyl (C=O) groups excluding carboxylic acids is 1. The van der Waals surface area contributed by atoms with Gasteiger partial charge in [0.2, 0.25) is 0 Å². The van der Waals surface area contributed by atoms with E-state index in [1.807, 2.05) is 61.5 Å². The third-order valence-electron chi connectivity index (χ3n) is 3.45. The largest absolute Gasteiger partial charge is 0.464 e. The van der Waals surface area contributed by atoms with E-state index in [9.17, 15) is 4.79 Å². The van der Waals surface area contributed by atoms with Crippen LogP contribution in [0.2, 0.25) is 0 Å². The molecule has 0 saturated carbocycles. The summed E-state index contributed by atoms with van der Waals surface area (Å²) >= 11 is 0. The minimum Gasteiger partial charge on any atom is -0.464 e. The van der Waals surface area contributed by atoms with Gasteiger partial charge in [0.05, 0.1) is 18.5 Å². The smallest absolute Gasteiger partial charge is 0.358 e. The van der Waals surface area contributed by atoms with Crippen LogP contribution in [0.25, 0.3) is 16.9 Å². The number of benzene rings is 2. The summed E-state index contributed by atoms with van der Waals surface area (Å²) in [6.07, 6.45) is 0. The highest BCUT2D eigenvalue weighted by Gasteiger charge is 2.16. The van der Waals surface area contributed by atoms with Crippen LogP contribution in [0, 0.1) is 6.92 Å². The molecule has 22 heavy (non-hydrogen) atoms. The average molecular weight is 292 g/mol. The molecule has 0 aliphatic rings. The Morgan fingerprint density at radius 1 is 1.05 bits per heavy atom. The Bertz CT molecular complexity index is 790. The highest BCUT2D eigenvalue weighted by Crippen LogP contribution is 2.24. The van der Waals surface area contributed by atoms with E-state index in [4.69, 9.17) is 4.74 Å². The predicted molar refractivity (Wildman–Crippen MR) is 85.1 cm³/mol. The number of aryl methyl sites for hydroxylation is 1. The topological polar surface area (TPSA) is 44.1 Å². The first-order valence-electron chi connectivity index (χ1n) is 7.00. The van der Waals surface area contributed by atoms with Crippen LogP contribution in [0.4, 0.5) is 0 Å². The number of hydrogen-bond donors (Lipinski definition) is 0. The zero-order chi connectivity index (χ0) is 15.5. The number of methoxy groups -OCH3 is 1. The molecule has 2 aromatic carbocycles. The minimum absolute atomic E-state index is 0.293. The molecule has 0 bridgehead atoms. The van der Waals surface area contributed by atoms with Crippen LogP contribution in [0.3, 0.4) is 0 Å². The van der Waals surface area contributed by atoms with E-state index in [2.05, 4.69) is 5.10 Å². The standard InChI is InChI=1S/C18H16N2O2/c1-13-8-10-15(11-9-13)20-17(14-6-4-3-5-7-14)12-16(19-20)18(21)22-2/h3-12H,1-2H3. The van der Waals surface area contributed by atoms with E-state index in [1.54, 1.807) is 10.7 Å². The zero-order valence-electron chi connectivity index (χ0n) is 12.5. The number of ether oxygens (including phenoxy) is 1. The lowest BCUT2D eigenvalue weighted by Gasteiger charge is -2.07. The lowest BCUT2D eigenvalue weighted by atomic mass is 10.1. The Hall–Kier alpha value is -2.88. The fraction of sp³-hybridized carbons (Fsp3) is 0.111. The van der Waals surface area contributed by atoms with Crippen LogP contribution in [-0.2, 0) is 4.74 Å². The summed E-state index contributed by atoms with van der Waals surface area (Å²) < 4.78 is 6.55. The van der Waals surface area contributed by atoms with E-state index in [-0.39, 0.29) is 0 Å². The maximum absolute atomic E-state index is 11.8. The summed E-state index contributed by atoms with van der Waals surface area (Å²) in [6, 6.07) is 19.6. The first-order chi connectivity index (χ1) is 10.7. The molecule has 0 unspecified atom stereocenters. The Labute approximate surface area is 129 Å². The van der Waals surface area contributed by atoms with Gasteiger partial charge in [0.1, 0.15) is 0 Å². The zero-order valence-corrected chi connectivity index (χ0v) is 12.5. The van der Waals surface area contributed by atoms with Crippen molar-refractivity contribution in [2.45, 2.75) is 6.92 Å². The van der Waals surface area contributed by atoms with Crippen molar-refractivity contribution in [2.75, 3.05) is 7.11 Å². The Morgan fingerprint density at radius 2 is 1.73 bits per heavy atom. The van der Waals surface area contributed by atoms with E-state index in [0.717, 1.165) is 16.9 Å². The number of hydrogen-bond acceptors (Lipinski definition) is 3. The van der Waals surface area contributed by atoms with Crippen LogP contribution in [0.15, 0.2) is 60.7 Å². The van der Waals surface area contributed by atoms with Gasteiger partial charge in [0.25, 0.3) is 0 Å². The van der Waals surface area contributed by atoms with Gasteiger partial charge >= 0.3 is 5.97 Å². The van der Waals surface area contributed by atoms with Crippen molar-refractivity contribution >= 4 is 5.97 Å². The molecule has 0 spiro atoms. The maximum Gasteiger partial charge on any atom is 0.358 e. The summed E-state index contributed by atoms with van der Waals surface area (Å²) in [5.74, 6) is -0.442. The van der Waals surface area contributed by atoms with E-state index < -0.39 is 5.97 Å². The number of esters is 1. The SMILES string of the molecule is COC(=O)c1cc(-c2ccccc2)n(-c2ccc(C)cc2)n1. The molecule has 0 amide bonds. The molecule has 4 nitrogen and oxygen atoms in total. The van der Waals surface area contributed by atoms with Gasteiger partial charge in [-0.3, -0.25) is 0 Å². The van der Waals surface area contributed by atoms with Gasteiger partial charge in [-0.25, -0.2) is 9.48 Å². The lowest BCUT2D eigenvalue weighted by molar-refractivity contribution is 0.0593. The van der Waals surface area contributed by atoms with Gasteiger partial charge in [-0.15, -0.1) is 0 Å². The third kappa shape index (κ3) is 2.63. The van der Waals surface area contributed by atoms with Crippen molar-refractivity contribution in [1.29, 1.82) is 0 Å². The molecule has 0 aliphatic carbocycles. The third-order valence-corrected chi connectivity index (χ3v) is 3.45. The quantitative estimate of drug-likeness (QED) is 0.692. The highest BCUT2D eigenvalue weighted by molar-refractivity contribution is 5.88. The summed E-state index contributed by atoms with van der Waals surface area (Å²) in [6.45, 7) is 2.03. The maximum atomic E-state index is 11.8. The van der Waals surface area contributed by atoms with Crippen molar-refractivity contribution in [3.05, 3.63) is 71.9 Å². The fourth-order valence-corrected chi connectivity index (χ4v) is 2.28. The highest BCUT2D eigenvalue weighted by atomic mass is 16.5. The molecule has 0 aliphatic heterocycles. The summed E-state index contributed by atoms with van der Waals surface area (Å²) in [7, 11) is 1.36. The number of rotatable bonds is 3. The molecule has 4 heteroatoms. The molecule has 0 radical (unpaired) electrons. The molecule has 3 aromatic rings. The van der Waals surface area contributed by atoms with Crippen molar-refractivity contribution in [1.82, 2.24) is 9.78 Å². The van der Waals surface area contributed by atoms with Crippen molar-refractivity contribution in [3.8, 4) is 16.9 Å². The number of aromatic nitrogens is 2. The van der Waals surface area contributed by atoms with Gasteiger partial charge < -0.3 is 4.74 Å². The molecular formula is C18H16N2O2. The Kier molecular flexibility index (Phi) is 3.74. The van der Waals surface area contributed by atoms with Crippen molar-refractivity contribution in [3.63, 3.8) is 0 Å². The van der Waals surface area contributed by atoms with Crippen molar-refractivity contribution in [2.24, 2.45) is 0 Å². The monoisotopic (exact) mass is 292 g/mol. The first-order valence-corrected chi connectivity index (χ1v) is 7.00. The van der Waals surface area contributed by atoms with Gasteiger partial charge in [0, 0.05) is 5.56 Å². The number of nitrogens with zero attached hydrogens (tertiary/aromatic N) is 2. The molecule has 0 atom stereocenters. The fourth-order valence-electron chi connectivity index (χ4n) is 2.28. The second-order valence-electron chi connectivity index (χ2n) is 5.02. The molecule has 0 fully saturated rings. The number of carbonyl (C=O) groups is 1. The first kappa shape index (κ1) is 14.1. The predicted octanol–water partition coefficient (Wildman–Crippen LogP) is 3.63. The Morgan fingerprint density at radius 3 is 2.36 bits per heavy atom. The normalized spacial score (nSPS) is 10.5. The van der Waals surface area contributed by atoms with Crippen LogP contribution >= 0.6 is 0 Å². The van der Waals surface area contributed by atoms with E-state index >= 15 is 0 Å². The van der Waals surface area contributed by atoms with Crippen LogP contribution in [-0.4, -0.2) is 22.9 Å². The molecule has 0 saturated heterocycles. The molecule has 3 rings (SSSR count). The van der Waals surface area contributed by atoms with Gasteiger partial charge in [-0.1, -0.05) is 48.0 Å². The second-order valence-corrected chi connectivity index (χ2v) is 5.02. The van der Waals surface area contributed by atoms with Crippen molar-refractivity contribution < 1.29 is 9.53 Å². The van der Waals surface area contributed by atoms with E-state index in [0.29, 0.717) is 5.69 Å². The summed E-state index contributed by atoms with van der Waals surface area (Å²) in [5.41, 5.74) is 4.21. The summed E-state index contributed by atoms with van der Waals surface area (Å²) in [5, 5.41) is 4.40. The molecule has 1 aromatic heterocycles. The second kappa shape index (κ2) is 5.85. The average Bonchev–Trinajstić information content (AvgIpc) is 3.01. The molecular weight excluding hydrogens is 276 g/mol. The van der Waals surface area contributed by atoms with Crippen LogP contribution in [0.1, 0.15) is 16.1 Å². The molecule has 0 N–H and O–H groups in total. The van der Waals surface area contributed by atoms with E-state index in [1.165, 1.54) is 12.7 Å². The molecule has 110 valence electrons. The van der Waals surface area contributed by atoms with Crippen LogP contribution < -0.4 is 0 Å². The van der Waals surface area contributed by atoms with Gasteiger partial charge in [0.15, 0.2) is 5.69 Å². The molecule has 1 heterocycles. The minimum atomic E-state index is -0.442.